The average Bonchev–Trinajstić information content (AvgIpc) is 2.68. The van der Waals surface area contributed by atoms with Gasteiger partial charge in [0.15, 0.2) is 0 Å². The van der Waals surface area contributed by atoms with Crippen LogP contribution in [0.25, 0.3) is 0 Å². The molecule has 0 aliphatic carbocycles. The SMILES string of the molecule is Cc1[nH]c(C(=O)O)c(C)c1C(=O)Nc1ccc(Br)cc1Br. The highest BCUT2D eigenvalue weighted by molar-refractivity contribution is 9.11. The molecular formula is C14H12Br2N2O3. The largest absolute Gasteiger partial charge is 0.477 e. The fourth-order valence-electron chi connectivity index (χ4n) is 2.08. The summed E-state index contributed by atoms with van der Waals surface area (Å²) < 4.78 is 1.61. The van der Waals surface area contributed by atoms with Gasteiger partial charge in [0.05, 0.1) is 11.3 Å². The van der Waals surface area contributed by atoms with Crippen LogP contribution in [0.3, 0.4) is 0 Å². The third-order valence-corrected chi connectivity index (χ3v) is 4.21. The van der Waals surface area contributed by atoms with E-state index in [2.05, 4.69) is 42.2 Å². The molecule has 7 heteroatoms. The van der Waals surface area contributed by atoms with E-state index in [1.165, 1.54) is 0 Å². The van der Waals surface area contributed by atoms with E-state index in [-0.39, 0.29) is 11.6 Å². The first-order valence-electron chi connectivity index (χ1n) is 6.00. The highest BCUT2D eigenvalue weighted by atomic mass is 79.9. The predicted molar refractivity (Wildman–Crippen MR) is 87.0 cm³/mol. The molecule has 0 aliphatic heterocycles. The molecule has 0 radical (unpaired) electrons. The number of anilines is 1. The molecule has 110 valence electrons. The summed E-state index contributed by atoms with van der Waals surface area (Å²) in [6.07, 6.45) is 0. The van der Waals surface area contributed by atoms with E-state index in [1.54, 1.807) is 26.0 Å². The number of amides is 1. The number of carbonyl (C=O) groups excluding carboxylic acids is 1. The molecular weight excluding hydrogens is 404 g/mol. The molecule has 0 unspecified atom stereocenters. The van der Waals surface area contributed by atoms with Gasteiger partial charge in [0.25, 0.3) is 5.91 Å². The number of benzene rings is 1. The van der Waals surface area contributed by atoms with Crippen molar-refractivity contribution in [2.75, 3.05) is 5.32 Å². The number of aromatic amines is 1. The van der Waals surface area contributed by atoms with Gasteiger partial charge in [-0.2, -0.15) is 0 Å². The van der Waals surface area contributed by atoms with Gasteiger partial charge in [-0.15, -0.1) is 0 Å². The first-order valence-corrected chi connectivity index (χ1v) is 7.58. The predicted octanol–water partition coefficient (Wildman–Crippen LogP) is 4.11. The van der Waals surface area contributed by atoms with E-state index in [9.17, 15) is 9.59 Å². The molecule has 21 heavy (non-hydrogen) atoms. The minimum absolute atomic E-state index is 0.0347. The molecule has 3 N–H and O–H groups in total. The van der Waals surface area contributed by atoms with Gasteiger partial charge in [0.1, 0.15) is 5.69 Å². The Labute approximate surface area is 138 Å². The molecule has 1 heterocycles. The first-order chi connectivity index (χ1) is 9.81. The van der Waals surface area contributed by atoms with Gasteiger partial charge in [0, 0.05) is 14.6 Å². The maximum atomic E-state index is 12.4. The monoisotopic (exact) mass is 414 g/mol. The lowest BCUT2D eigenvalue weighted by Crippen LogP contribution is -2.14. The van der Waals surface area contributed by atoms with Crippen molar-refractivity contribution >= 4 is 49.4 Å². The van der Waals surface area contributed by atoms with Crippen LogP contribution >= 0.6 is 31.9 Å². The highest BCUT2D eigenvalue weighted by Crippen LogP contribution is 2.27. The Morgan fingerprint density at radius 1 is 1.24 bits per heavy atom. The fraction of sp³-hybridized carbons (Fsp3) is 0.143. The van der Waals surface area contributed by atoms with Crippen LogP contribution in [0.4, 0.5) is 5.69 Å². The number of rotatable bonds is 3. The quantitative estimate of drug-likeness (QED) is 0.705. The minimum Gasteiger partial charge on any atom is -0.477 e. The lowest BCUT2D eigenvalue weighted by Gasteiger charge is -2.08. The topological polar surface area (TPSA) is 82.2 Å². The summed E-state index contributed by atoms with van der Waals surface area (Å²) in [5.74, 6) is -1.43. The summed E-state index contributed by atoms with van der Waals surface area (Å²) in [4.78, 5) is 26.2. The third kappa shape index (κ3) is 3.19. The van der Waals surface area contributed by atoms with Crippen LogP contribution in [0.5, 0.6) is 0 Å². The zero-order valence-electron chi connectivity index (χ0n) is 11.3. The van der Waals surface area contributed by atoms with Crippen molar-refractivity contribution in [3.05, 3.63) is 49.7 Å². The fourth-order valence-corrected chi connectivity index (χ4v) is 3.23. The van der Waals surface area contributed by atoms with Gasteiger partial charge in [-0.05, 0) is 53.5 Å². The maximum Gasteiger partial charge on any atom is 0.352 e. The molecule has 5 nitrogen and oxygen atoms in total. The number of halogens is 2. The number of nitrogens with one attached hydrogen (secondary N) is 2. The number of H-pyrrole nitrogens is 1. The summed E-state index contributed by atoms with van der Waals surface area (Å²) in [6.45, 7) is 3.28. The van der Waals surface area contributed by atoms with Gasteiger partial charge < -0.3 is 15.4 Å². The Kier molecular flexibility index (Phi) is 4.53. The second-order valence-electron chi connectivity index (χ2n) is 4.51. The van der Waals surface area contributed by atoms with Crippen LogP contribution < -0.4 is 5.32 Å². The number of aromatic nitrogens is 1. The summed E-state index contributed by atoms with van der Waals surface area (Å²) in [7, 11) is 0. The second-order valence-corrected chi connectivity index (χ2v) is 6.28. The van der Waals surface area contributed by atoms with Crippen molar-refractivity contribution in [1.82, 2.24) is 4.98 Å². The molecule has 1 aromatic carbocycles. The van der Waals surface area contributed by atoms with Crippen LogP contribution in [-0.4, -0.2) is 22.0 Å². The van der Waals surface area contributed by atoms with Crippen molar-refractivity contribution in [2.24, 2.45) is 0 Å². The lowest BCUT2D eigenvalue weighted by atomic mass is 10.1. The summed E-state index contributed by atoms with van der Waals surface area (Å²) in [5.41, 5.74) is 1.94. The molecule has 0 saturated heterocycles. The molecule has 0 spiro atoms. The van der Waals surface area contributed by atoms with Crippen molar-refractivity contribution in [3.8, 4) is 0 Å². The van der Waals surface area contributed by atoms with Crippen LogP contribution in [0.1, 0.15) is 32.1 Å². The van der Waals surface area contributed by atoms with E-state index >= 15 is 0 Å². The van der Waals surface area contributed by atoms with Crippen molar-refractivity contribution < 1.29 is 14.7 Å². The van der Waals surface area contributed by atoms with E-state index in [4.69, 9.17) is 5.11 Å². The number of hydrogen-bond acceptors (Lipinski definition) is 2. The Morgan fingerprint density at radius 3 is 2.43 bits per heavy atom. The molecule has 1 amide bonds. The number of aryl methyl sites for hydroxylation is 1. The molecule has 0 atom stereocenters. The van der Waals surface area contributed by atoms with Crippen molar-refractivity contribution in [1.29, 1.82) is 0 Å². The average molecular weight is 416 g/mol. The summed E-state index contributed by atoms with van der Waals surface area (Å²) in [5, 5.41) is 11.8. The van der Waals surface area contributed by atoms with E-state index in [0.29, 0.717) is 22.5 Å². The third-order valence-electron chi connectivity index (χ3n) is 3.06. The van der Waals surface area contributed by atoms with Crippen LogP contribution in [-0.2, 0) is 0 Å². The van der Waals surface area contributed by atoms with Crippen LogP contribution in [0, 0.1) is 13.8 Å². The number of hydrogen-bond donors (Lipinski definition) is 3. The number of carbonyl (C=O) groups is 2. The molecule has 2 rings (SSSR count). The van der Waals surface area contributed by atoms with Crippen molar-refractivity contribution in [2.45, 2.75) is 13.8 Å². The number of carboxylic acid groups (broad SMARTS) is 1. The van der Waals surface area contributed by atoms with Gasteiger partial charge in [-0.3, -0.25) is 4.79 Å². The Bertz CT molecular complexity index is 738. The van der Waals surface area contributed by atoms with E-state index < -0.39 is 5.97 Å². The minimum atomic E-state index is -1.08. The molecule has 0 fully saturated rings. The van der Waals surface area contributed by atoms with E-state index in [1.807, 2.05) is 6.07 Å². The lowest BCUT2D eigenvalue weighted by molar-refractivity contribution is 0.0690. The standard InChI is InChI=1S/C14H12Br2N2O3/c1-6-11(7(2)17-12(6)14(20)21)13(19)18-10-4-3-8(15)5-9(10)16/h3-5,17H,1-2H3,(H,18,19)(H,20,21). The van der Waals surface area contributed by atoms with Gasteiger partial charge >= 0.3 is 5.97 Å². The normalized spacial score (nSPS) is 10.5. The first kappa shape index (κ1) is 15.8. The van der Waals surface area contributed by atoms with Gasteiger partial charge in [0.2, 0.25) is 0 Å². The molecule has 0 bridgehead atoms. The number of aromatic carboxylic acids is 1. The van der Waals surface area contributed by atoms with Crippen LogP contribution in [0.2, 0.25) is 0 Å². The second kappa shape index (κ2) is 6.03. The molecule has 1 aromatic heterocycles. The maximum absolute atomic E-state index is 12.4. The molecule has 2 aromatic rings. The zero-order valence-corrected chi connectivity index (χ0v) is 14.4. The summed E-state index contributed by atoms with van der Waals surface area (Å²) in [6, 6.07) is 5.37. The highest BCUT2D eigenvalue weighted by Gasteiger charge is 2.22. The van der Waals surface area contributed by atoms with Crippen molar-refractivity contribution in [3.63, 3.8) is 0 Å². The van der Waals surface area contributed by atoms with Gasteiger partial charge in [-0.25, -0.2) is 4.79 Å². The zero-order chi connectivity index (χ0) is 15.7. The summed E-state index contributed by atoms with van der Waals surface area (Å²) >= 11 is 6.70. The van der Waals surface area contributed by atoms with Crippen LogP contribution in [0.15, 0.2) is 27.1 Å². The Morgan fingerprint density at radius 2 is 1.90 bits per heavy atom. The molecule has 0 aliphatic rings. The number of carboxylic acids is 1. The van der Waals surface area contributed by atoms with E-state index in [0.717, 1.165) is 8.95 Å². The molecule has 0 saturated carbocycles. The smallest absolute Gasteiger partial charge is 0.352 e. The Hall–Kier alpha value is -1.60. The Balaban J connectivity index is 2.35. The van der Waals surface area contributed by atoms with Gasteiger partial charge in [-0.1, -0.05) is 15.9 Å².